The number of sulfonamides is 1. The molecule has 0 fully saturated rings. The van der Waals surface area contributed by atoms with E-state index in [0.717, 1.165) is 38.5 Å². The first-order chi connectivity index (χ1) is 21.1. The zero-order valence-corrected chi connectivity index (χ0v) is 26.0. The number of rotatable bonds is 8. The number of pyridine rings is 1. The van der Waals surface area contributed by atoms with Gasteiger partial charge >= 0.3 is 5.97 Å². The lowest BCUT2D eigenvalue weighted by atomic mass is 9.98. The van der Waals surface area contributed by atoms with Crippen molar-refractivity contribution >= 4 is 44.0 Å². The van der Waals surface area contributed by atoms with Crippen LogP contribution in [0.2, 0.25) is 0 Å². The summed E-state index contributed by atoms with van der Waals surface area (Å²) < 4.78 is 36.6. The maximum absolute atomic E-state index is 13.5. The number of hydrogen-bond acceptors (Lipinski definition) is 8. The molecule has 11 heteroatoms. The Balaban J connectivity index is 1.36. The van der Waals surface area contributed by atoms with E-state index >= 15 is 0 Å². The Morgan fingerprint density at radius 2 is 1.70 bits per heavy atom. The highest BCUT2D eigenvalue weighted by Crippen LogP contribution is 2.50. The molecule has 0 radical (unpaired) electrons. The number of fused-ring (bicyclic) bond motifs is 2. The highest BCUT2D eigenvalue weighted by atomic mass is 32.2. The molecular formula is C33H30N4O5S2. The number of imidazole rings is 1. The summed E-state index contributed by atoms with van der Waals surface area (Å²) >= 11 is 1.39. The summed E-state index contributed by atoms with van der Waals surface area (Å²) in [4.78, 5) is 34.6. The third-order valence-electron chi connectivity index (χ3n) is 7.69. The highest BCUT2D eigenvalue weighted by molar-refractivity contribution is 8.06. The van der Waals surface area contributed by atoms with Crippen molar-refractivity contribution in [1.82, 2.24) is 19.3 Å². The van der Waals surface area contributed by atoms with Crippen LogP contribution in [-0.4, -0.2) is 41.1 Å². The van der Waals surface area contributed by atoms with Gasteiger partial charge < -0.3 is 9.30 Å². The number of methoxy groups -OCH3 is 1. The molecule has 0 saturated heterocycles. The molecule has 2 aromatic heterocycles. The van der Waals surface area contributed by atoms with E-state index in [4.69, 9.17) is 9.72 Å². The van der Waals surface area contributed by atoms with Gasteiger partial charge in [-0.15, -0.1) is 0 Å². The Hall–Kier alpha value is -4.32. The molecule has 224 valence electrons. The van der Waals surface area contributed by atoms with E-state index in [-0.39, 0.29) is 11.3 Å². The minimum absolute atomic E-state index is 0.101. The zero-order valence-electron chi connectivity index (χ0n) is 24.4. The first-order valence-corrected chi connectivity index (χ1v) is 16.4. The third-order valence-corrected chi connectivity index (χ3v) is 10.6. The fourth-order valence-corrected chi connectivity index (χ4v) is 8.44. The summed E-state index contributed by atoms with van der Waals surface area (Å²) in [6.45, 7) is 4.34. The molecule has 44 heavy (non-hydrogen) atoms. The molecule has 1 unspecified atom stereocenters. The van der Waals surface area contributed by atoms with Crippen LogP contribution in [0.25, 0.3) is 11.2 Å². The first-order valence-electron chi connectivity index (χ1n) is 14.1. The zero-order chi connectivity index (χ0) is 31.1. The van der Waals surface area contributed by atoms with Gasteiger partial charge in [-0.05, 0) is 41.3 Å². The van der Waals surface area contributed by atoms with Crippen molar-refractivity contribution in [1.29, 1.82) is 0 Å². The van der Waals surface area contributed by atoms with Crippen LogP contribution in [0.4, 0.5) is 0 Å². The third kappa shape index (κ3) is 5.42. The molecule has 1 N–H and O–H groups in total. The summed E-state index contributed by atoms with van der Waals surface area (Å²) in [5.41, 5.74) is 5.12. The van der Waals surface area contributed by atoms with Gasteiger partial charge in [0.1, 0.15) is 16.2 Å². The second-order valence-electron chi connectivity index (χ2n) is 10.6. The van der Waals surface area contributed by atoms with Gasteiger partial charge in [0, 0.05) is 23.3 Å². The Kier molecular flexibility index (Phi) is 7.87. The predicted octanol–water partition coefficient (Wildman–Crippen LogP) is 5.40. The number of carbonyl (C=O) groups is 2. The molecule has 0 aliphatic carbocycles. The number of carbonyl (C=O) groups excluding carboxylic acids is 2. The molecule has 5 aromatic rings. The van der Waals surface area contributed by atoms with Crippen molar-refractivity contribution in [2.24, 2.45) is 0 Å². The summed E-state index contributed by atoms with van der Waals surface area (Å²) in [5, 5.41) is -0.973. The van der Waals surface area contributed by atoms with Crippen molar-refractivity contribution in [3.8, 4) is 0 Å². The molecule has 0 amide bonds. The number of esters is 1. The number of hydrogen-bond donors (Lipinski definition) is 1. The first kappa shape index (κ1) is 29.7. The van der Waals surface area contributed by atoms with E-state index < -0.39 is 26.0 Å². The number of nitrogens with one attached hydrogen (secondary N) is 1. The summed E-state index contributed by atoms with van der Waals surface area (Å²) in [6.07, 6.45) is 1.04. The maximum Gasteiger partial charge on any atom is 0.356 e. The average molecular weight is 627 g/mol. The minimum atomic E-state index is -4.39. The predicted molar refractivity (Wildman–Crippen MR) is 169 cm³/mol. The molecule has 1 atom stereocenters. The number of ether oxygens (including phenoxy) is 1. The van der Waals surface area contributed by atoms with E-state index in [1.807, 2.05) is 66.9 Å². The van der Waals surface area contributed by atoms with Crippen molar-refractivity contribution in [2.75, 3.05) is 7.11 Å². The van der Waals surface area contributed by atoms with E-state index in [1.54, 1.807) is 24.3 Å². The number of aryl methyl sites for hydroxylation is 2. The molecule has 6 rings (SSSR count). The van der Waals surface area contributed by atoms with Crippen LogP contribution in [0.1, 0.15) is 55.8 Å². The minimum Gasteiger partial charge on any atom is -0.464 e. The van der Waals surface area contributed by atoms with Crippen LogP contribution in [0.3, 0.4) is 0 Å². The highest BCUT2D eigenvalue weighted by Gasteiger charge is 2.44. The molecule has 3 aromatic carbocycles. The fourth-order valence-electron chi connectivity index (χ4n) is 5.51. The van der Waals surface area contributed by atoms with Gasteiger partial charge in [-0.25, -0.2) is 23.2 Å². The van der Waals surface area contributed by atoms with Gasteiger partial charge in [0.05, 0.1) is 13.7 Å². The average Bonchev–Trinajstić information content (AvgIpc) is 3.59. The normalized spacial score (nSPS) is 16.2. The summed E-state index contributed by atoms with van der Waals surface area (Å²) in [5.74, 6) is 0.311. The fraction of sp³-hybridized carbons (Fsp3) is 0.212. The number of aromatic nitrogens is 3. The molecule has 9 nitrogen and oxygen atoms in total. The van der Waals surface area contributed by atoms with Crippen LogP contribution in [0.15, 0.2) is 89.8 Å². The monoisotopic (exact) mass is 626 g/mol. The van der Waals surface area contributed by atoms with Crippen molar-refractivity contribution < 1.29 is 22.7 Å². The van der Waals surface area contributed by atoms with Gasteiger partial charge in [-0.3, -0.25) is 4.79 Å². The Bertz CT molecular complexity index is 1980. The van der Waals surface area contributed by atoms with E-state index in [9.17, 15) is 18.0 Å². The van der Waals surface area contributed by atoms with Gasteiger partial charge in [0.25, 0.3) is 15.1 Å². The molecular weight excluding hydrogens is 597 g/mol. The molecule has 3 heterocycles. The Morgan fingerprint density at radius 1 is 1.00 bits per heavy atom. The van der Waals surface area contributed by atoms with E-state index in [0.29, 0.717) is 25.0 Å². The summed E-state index contributed by atoms with van der Waals surface area (Å²) in [6, 6.07) is 25.1. The molecule has 0 spiro atoms. The second-order valence-corrected chi connectivity index (χ2v) is 13.5. The van der Waals surface area contributed by atoms with Crippen LogP contribution >= 0.6 is 11.8 Å². The molecule has 1 aliphatic heterocycles. The van der Waals surface area contributed by atoms with Gasteiger partial charge in [0.2, 0.25) is 0 Å². The summed E-state index contributed by atoms with van der Waals surface area (Å²) in [7, 11) is -3.07. The van der Waals surface area contributed by atoms with Crippen LogP contribution in [0.5, 0.6) is 0 Å². The Morgan fingerprint density at radius 3 is 2.39 bits per heavy atom. The lowest BCUT2D eigenvalue weighted by molar-refractivity contribution is 0.0594. The number of thioether (sulfide) groups is 1. The van der Waals surface area contributed by atoms with Crippen molar-refractivity contribution in [2.45, 2.75) is 43.0 Å². The quantitative estimate of drug-likeness (QED) is 0.228. The van der Waals surface area contributed by atoms with Gasteiger partial charge in [-0.1, -0.05) is 91.5 Å². The number of benzene rings is 3. The van der Waals surface area contributed by atoms with Crippen molar-refractivity contribution in [3.05, 3.63) is 124 Å². The molecule has 1 aliphatic rings. The van der Waals surface area contributed by atoms with Crippen LogP contribution in [0, 0.1) is 6.92 Å². The lowest BCUT2D eigenvalue weighted by Gasteiger charge is -2.29. The standard InChI is InChI=1S/C33H30N4O5S2/c1-4-28-35-29-21(2)18-26(31(38)42-3)34-30(29)37(28)20-22-14-16-25(17-15-22)33(19-24-12-8-9-13-27(24)43-33)36-44(40,41)32(39)23-10-6-5-7-11-23/h5-18,36H,4,19-20H2,1-3H3. The van der Waals surface area contributed by atoms with E-state index in [1.165, 1.54) is 31.0 Å². The SMILES string of the molecule is CCc1nc2c(C)cc(C(=O)OC)nc2n1Cc1ccc(C2(NS(=O)(=O)C(=O)c3ccccc3)Cc3ccccc3S2)cc1. The van der Waals surface area contributed by atoms with E-state index in [2.05, 4.69) is 9.71 Å². The molecule has 0 saturated carbocycles. The van der Waals surface area contributed by atoms with Crippen molar-refractivity contribution in [3.63, 3.8) is 0 Å². The second kappa shape index (κ2) is 11.6. The molecule has 0 bridgehead atoms. The van der Waals surface area contributed by atoms with Gasteiger partial charge in [0.15, 0.2) is 11.3 Å². The maximum atomic E-state index is 13.5. The smallest absolute Gasteiger partial charge is 0.356 e. The Labute approximate surface area is 259 Å². The topological polar surface area (TPSA) is 120 Å². The van der Waals surface area contributed by atoms with Crippen LogP contribution < -0.4 is 4.72 Å². The van der Waals surface area contributed by atoms with Gasteiger partial charge in [-0.2, -0.15) is 4.72 Å². The van der Waals surface area contributed by atoms with Crippen LogP contribution in [-0.2, 0) is 39.0 Å². The largest absolute Gasteiger partial charge is 0.464 e. The lowest BCUT2D eigenvalue weighted by Crippen LogP contribution is -2.45. The number of nitrogens with zero attached hydrogens (tertiary/aromatic N) is 3.